The lowest BCUT2D eigenvalue weighted by atomic mass is 9.81. The van der Waals surface area contributed by atoms with E-state index in [0.29, 0.717) is 0 Å². The van der Waals surface area contributed by atoms with E-state index in [0.717, 1.165) is 5.82 Å². The molecule has 0 fully saturated rings. The van der Waals surface area contributed by atoms with Crippen molar-refractivity contribution in [3.63, 3.8) is 0 Å². The van der Waals surface area contributed by atoms with Crippen molar-refractivity contribution >= 4 is 0 Å². The molecule has 0 radical (unpaired) electrons. The Balaban J connectivity index is 3.68. The Kier molecular flexibility index (Phi) is 3.88. The summed E-state index contributed by atoms with van der Waals surface area (Å²) in [6, 6.07) is 0. The molecular formula is C17H30N2. The van der Waals surface area contributed by atoms with E-state index in [9.17, 15) is 0 Å². The fourth-order valence-corrected chi connectivity index (χ4v) is 2.31. The Bertz CT molecular complexity index is 431. The van der Waals surface area contributed by atoms with E-state index in [1.54, 1.807) is 0 Å². The van der Waals surface area contributed by atoms with Gasteiger partial charge in [-0.3, -0.25) is 0 Å². The lowest BCUT2D eigenvalue weighted by Crippen LogP contribution is -2.28. The predicted octanol–water partition coefficient (Wildman–Crippen LogP) is 4.68. The fourth-order valence-electron chi connectivity index (χ4n) is 2.31. The van der Waals surface area contributed by atoms with Crippen molar-refractivity contribution in [2.24, 2.45) is 0 Å². The highest BCUT2D eigenvalue weighted by atomic mass is 14.9. The van der Waals surface area contributed by atoms with Gasteiger partial charge < -0.3 is 0 Å². The van der Waals surface area contributed by atoms with E-state index in [-0.39, 0.29) is 16.2 Å². The predicted molar refractivity (Wildman–Crippen MR) is 82.9 cm³/mol. The van der Waals surface area contributed by atoms with Crippen LogP contribution < -0.4 is 0 Å². The third kappa shape index (κ3) is 3.55. The summed E-state index contributed by atoms with van der Waals surface area (Å²) in [5.74, 6) is 0.952. The minimum absolute atomic E-state index is 0.0201. The van der Waals surface area contributed by atoms with E-state index in [1.165, 1.54) is 17.0 Å². The van der Waals surface area contributed by atoms with E-state index in [4.69, 9.17) is 9.97 Å². The first-order valence-corrected chi connectivity index (χ1v) is 7.14. The van der Waals surface area contributed by atoms with Gasteiger partial charge >= 0.3 is 0 Å². The van der Waals surface area contributed by atoms with Crippen molar-refractivity contribution in [1.29, 1.82) is 0 Å². The van der Waals surface area contributed by atoms with Gasteiger partial charge in [-0.25, -0.2) is 9.97 Å². The highest BCUT2D eigenvalue weighted by Gasteiger charge is 2.29. The van der Waals surface area contributed by atoms with Crippen LogP contribution in [0.15, 0.2) is 0 Å². The van der Waals surface area contributed by atoms with Gasteiger partial charge in [-0.2, -0.15) is 0 Å². The molecule has 0 bridgehead atoms. The average molecular weight is 262 g/mol. The molecule has 0 N–H and O–H groups in total. The normalized spacial score (nSPS) is 13.8. The second-order valence-corrected chi connectivity index (χ2v) is 8.62. The molecule has 1 heterocycles. The first kappa shape index (κ1) is 16.1. The third-order valence-corrected chi connectivity index (χ3v) is 3.24. The van der Waals surface area contributed by atoms with Crippen LogP contribution in [0.1, 0.15) is 85.1 Å². The first-order chi connectivity index (χ1) is 8.24. The van der Waals surface area contributed by atoms with Crippen LogP contribution in [0.25, 0.3) is 0 Å². The van der Waals surface area contributed by atoms with Crippen molar-refractivity contribution in [2.45, 2.75) is 85.5 Å². The lowest BCUT2D eigenvalue weighted by molar-refractivity contribution is 0.482. The van der Waals surface area contributed by atoms with Gasteiger partial charge in [0.05, 0.1) is 11.4 Å². The highest BCUT2D eigenvalue weighted by molar-refractivity contribution is 5.34. The van der Waals surface area contributed by atoms with Crippen LogP contribution in [0.5, 0.6) is 0 Å². The molecule has 1 aromatic heterocycles. The average Bonchev–Trinajstić information content (AvgIpc) is 2.11. The minimum Gasteiger partial charge on any atom is -0.237 e. The number of hydrogen-bond acceptors (Lipinski definition) is 2. The highest BCUT2D eigenvalue weighted by Crippen LogP contribution is 2.33. The molecule has 0 atom stereocenters. The second kappa shape index (κ2) is 4.57. The molecule has 1 aromatic rings. The van der Waals surface area contributed by atoms with Crippen molar-refractivity contribution in [3.8, 4) is 0 Å². The van der Waals surface area contributed by atoms with Crippen molar-refractivity contribution in [3.05, 3.63) is 22.8 Å². The fraction of sp³-hybridized carbons (Fsp3) is 0.765. The molecule has 0 saturated carbocycles. The Morgan fingerprint density at radius 3 is 1.11 bits per heavy atom. The topological polar surface area (TPSA) is 25.8 Å². The summed E-state index contributed by atoms with van der Waals surface area (Å²) in [6.07, 6.45) is 0. The van der Waals surface area contributed by atoms with Crippen LogP contribution in [0.4, 0.5) is 0 Å². The van der Waals surface area contributed by atoms with Crippen molar-refractivity contribution < 1.29 is 0 Å². The van der Waals surface area contributed by atoms with Crippen LogP contribution in [-0.4, -0.2) is 9.97 Å². The van der Waals surface area contributed by atoms with E-state index < -0.39 is 0 Å². The summed E-state index contributed by atoms with van der Waals surface area (Å²) in [5.41, 5.74) is 3.68. The van der Waals surface area contributed by atoms with Gasteiger partial charge in [0, 0.05) is 16.2 Å². The van der Waals surface area contributed by atoms with Gasteiger partial charge in [0.2, 0.25) is 0 Å². The Labute approximate surface area is 119 Å². The minimum atomic E-state index is -0.0201. The zero-order valence-corrected chi connectivity index (χ0v) is 14.4. The van der Waals surface area contributed by atoms with Gasteiger partial charge in [-0.15, -0.1) is 0 Å². The zero-order chi connectivity index (χ0) is 15.2. The smallest absolute Gasteiger partial charge is 0.134 e. The molecule has 108 valence electrons. The summed E-state index contributed by atoms with van der Waals surface area (Å²) in [5, 5.41) is 0. The molecule has 1 rings (SSSR count). The summed E-state index contributed by atoms with van der Waals surface area (Å²) in [4.78, 5) is 9.76. The Morgan fingerprint density at radius 2 is 0.895 bits per heavy atom. The molecule has 0 amide bonds. The zero-order valence-electron chi connectivity index (χ0n) is 14.4. The Hall–Kier alpha value is -0.920. The SMILES string of the molecule is Cc1c(C(C)(C)C)nc(C(C)(C)C)nc1C(C)(C)C. The number of aromatic nitrogens is 2. The molecule has 0 aromatic carbocycles. The van der Waals surface area contributed by atoms with E-state index in [1.807, 2.05) is 0 Å². The lowest BCUT2D eigenvalue weighted by Gasteiger charge is -2.30. The molecule has 2 heteroatoms. The maximum absolute atomic E-state index is 4.88. The second-order valence-electron chi connectivity index (χ2n) is 8.62. The Morgan fingerprint density at radius 1 is 0.579 bits per heavy atom. The maximum Gasteiger partial charge on any atom is 0.134 e. The summed E-state index contributed by atoms with van der Waals surface area (Å²) < 4.78 is 0. The molecule has 19 heavy (non-hydrogen) atoms. The maximum atomic E-state index is 4.88. The van der Waals surface area contributed by atoms with Crippen LogP contribution in [0, 0.1) is 6.92 Å². The largest absolute Gasteiger partial charge is 0.237 e. The van der Waals surface area contributed by atoms with Gasteiger partial charge in [-0.05, 0) is 12.5 Å². The molecule has 0 unspecified atom stereocenters. The van der Waals surface area contributed by atoms with Gasteiger partial charge in [0.15, 0.2) is 0 Å². The first-order valence-electron chi connectivity index (χ1n) is 7.14. The molecule has 0 aliphatic carbocycles. The van der Waals surface area contributed by atoms with Crippen molar-refractivity contribution in [2.75, 3.05) is 0 Å². The number of rotatable bonds is 0. The molecule has 0 spiro atoms. The van der Waals surface area contributed by atoms with Crippen molar-refractivity contribution in [1.82, 2.24) is 9.97 Å². The number of nitrogens with zero attached hydrogens (tertiary/aromatic N) is 2. The molecular weight excluding hydrogens is 232 g/mol. The van der Waals surface area contributed by atoms with E-state index in [2.05, 4.69) is 69.2 Å². The van der Waals surface area contributed by atoms with Gasteiger partial charge in [-0.1, -0.05) is 62.3 Å². The third-order valence-electron chi connectivity index (χ3n) is 3.24. The molecule has 0 aliphatic heterocycles. The van der Waals surface area contributed by atoms with Crippen LogP contribution >= 0.6 is 0 Å². The van der Waals surface area contributed by atoms with Crippen LogP contribution in [0.3, 0.4) is 0 Å². The monoisotopic (exact) mass is 262 g/mol. The summed E-state index contributed by atoms with van der Waals surface area (Å²) in [6.45, 7) is 22.0. The van der Waals surface area contributed by atoms with Gasteiger partial charge in [0.1, 0.15) is 5.82 Å². The molecule has 0 aliphatic rings. The van der Waals surface area contributed by atoms with E-state index >= 15 is 0 Å². The number of hydrogen-bond donors (Lipinski definition) is 0. The van der Waals surface area contributed by atoms with Gasteiger partial charge in [0.25, 0.3) is 0 Å². The molecule has 0 saturated heterocycles. The van der Waals surface area contributed by atoms with Crippen LogP contribution in [-0.2, 0) is 16.2 Å². The summed E-state index contributed by atoms with van der Waals surface area (Å²) >= 11 is 0. The van der Waals surface area contributed by atoms with Crippen LogP contribution in [0.2, 0.25) is 0 Å². The molecule has 2 nitrogen and oxygen atoms in total. The summed E-state index contributed by atoms with van der Waals surface area (Å²) in [7, 11) is 0. The standard InChI is InChI=1S/C17H30N2/c1-11-12(15(2,3)4)18-14(17(8,9)10)19-13(11)16(5,6)7/h1-10H3. The quantitative estimate of drug-likeness (QED) is 0.678.